The molecule has 0 amide bonds. The van der Waals surface area contributed by atoms with Crippen molar-refractivity contribution in [1.29, 1.82) is 0 Å². The second kappa shape index (κ2) is 4.61. The van der Waals surface area contributed by atoms with Crippen molar-refractivity contribution >= 4 is 0 Å². The van der Waals surface area contributed by atoms with Gasteiger partial charge in [-0.3, -0.25) is 0 Å². The Morgan fingerprint density at radius 2 is 2.23 bits per heavy atom. The van der Waals surface area contributed by atoms with E-state index >= 15 is 0 Å². The highest BCUT2D eigenvalue weighted by Crippen LogP contribution is 2.12. The van der Waals surface area contributed by atoms with E-state index in [0.29, 0.717) is 25.0 Å². The van der Waals surface area contributed by atoms with Crippen LogP contribution >= 0.6 is 0 Å². The number of methoxy groups -OCH3 is 1. The minimum atomic E-state index is 0.308. The molecule has 0 spiro atoms. The fourth-order valence-corrected chi connectivity index (χ4v) is 0.833. The summed E-state index contributed by atoms with van der Waals surface area (Å²) in [5.74, 6) is 0.500. The molecule has 0 fully saturated rings. The highest BCUT2D eigenvalue weighted by molar-refractivity contribution is 5.17. The van der Waals surface area contributed by atoms with Gasteiger partial charge in [-0.2, -0.15) is 4.98 Å². The summed E-state index contributed by atoms with van der Waals surface area (Å²) in [7, 11) is 1.55. The highest BCUT2D eigenvalue weighted by Gasteiger charge is 2.01. The van der Waals surface area contributed by atoms with Crippen molar-refractivity contribution < 1.29 is 9.47 Å². The number of rotatable bonds is 4. The topological polar surface area (TPSA) is 70.3 Å². The lowest BCUT2D eigenvalue weighted by Gasteiger charge is -2.05. The predicted molar refractivity (Wildman–Crippen MR) is 47.9 cm³/mol. The van der Waals surface area contributed by atoms with Crippen molar-refractivity contribution in [3.8, 4) is 11.9 Å². The van der Waals surface area contributed by atoms with E-state index in [1.54, 1.807) is 13.2 Å². The Kier molecular flexibility index (Phi) is 3.45. The summed E-state index contributed by atoms with van der Waals surface area (Å²) in [6, 6.07) is 2.04. The lowest BCUT2D eigenvalue weighted by Crippen LogP contribution is -2.12. The SMILES string of the molecule is COc1cc(C)nc(OCCN)n1. The van der Waals surface area contributed by atoms with Gasteiger partial charge in [-0.1, -0.05) is 0 Å². The van der Waals surface area contributed by atoms with Crippen LogP contribution in [0.25, 0.3) is 0 Å². The van der Waals surface area contributed by atoms with Crippen molar-refractivity contribution in [1.82, 2.24) is 9.97 Å². The standard InChI is InChI=1S/C8H13N3O2/c1-6-5-7(12-2)11-8(10-6)13-4-3-9/h5H,3-4,9H2,1-2H3. The molecule has 0 aromatic carbocycles. The average molecular weight is 183 g/mol. The van der Waals surface area contributed by atoms with Crippen LogP contribution in [-0.2, 0) is 0 Å². The molecule has 5 nitrogen and oxygen atoms in total. The Hall–Kier alpha value is -1.36. The van der Waals surface area contributed by atoms with Crippen molar-refractivity contribution in [3.63, 3.8) is 0 Å². The number of nitrogens with zero attached hydrogens (tertiary/aromatic N) is 2. The average Bonchev–Trinajstić information content (AvgIpc) is 2.14. The first-order valence-electron chi connectivity index (χ1n) is 3.99. The van der Waals surface area contributed by atoms with E-state index in [-0.39, 0.29) is 0 Å². The van der Waals surface area contributed by atoms with Crippen LogP contribution < -0.4 is 15.2 Å². The summed E-state index contributed by atoms with van der Waals surface area (Å²) in [6.07, 6.45) is 0. The lowest BCUT2D eigenvalue weighted by molar-refractivity contribution is 0.292. The van der Waals surface area contributed by atoms with Crippen LogP contribution in [0.4, 0.5) is 0 Å². The Morgan fingerprint density at radius 3 is 2.85 bits per heavy atom. The number of hydrogen-bond acceptors (Lipinski definition) is 5. The zero-order valence-corrected chi connectivity index (χ0v) is 7.78. The van der Waals surface area contributed by atoms with Crippen molar-refractivity contribution in [2.45, 2.75) is 6.92 Å². The van der Waals surface area contributed by atoms with Gasteiger partial charge in [-0.15, -0.1) is 0 Å². The third-order valence-corrected chi connectivity index (χ3v) is 1.37. The van der Waals surface area contributed by atoms with Gasteiger partial charge in [-0.05, 0) is 6.92 Å². The predicted octanol–water partition coefficient (Wildman–Crippen LogP) is 0.131. The zero-order valence-electron chi connectivity index (χ0n) is 7.78. The molecule has 0 aliphatic heterocycles. The second-order valence-corrected chi connectivity index (χ2v) is 2.47. The second-order valence-electron chi connectivity index (χ2n) is 2.47. The molecule has 0 saturated carbocycles. The van der Waals surface area contributed by atoms with Crippen molar-refractivity contribution in [3.05, 3.63) is 11.8 Å². The van der Waals surface area contributed by atoms with E-state index in [9.17, 15) is 0 Å². The van der Waals surface area contributed by atoms with Gasteiger partial charge in [0.2, 0.25) is 5.88 Å². The third kappa shape index (κ3) is 2.87. The van der Waals surface area contributed by atoms with E-state index in [1.165, 1.54) is 0 Å². The third-order valence-electron chi connectivity index (χ3n) is 1.37. The first-order valence-corrected chi connectivity index (χ1v) is 3.99. The Balaban J connectivity index is 2.76. The molecular formula is C8H13N3O2. The number of ether oxygens (including phenoxy) is 2. The Labute approximate surface area is 76.9 Å². The van der Waals surface area contributed by atoms with Crippen LogP contribution in [0.3, 0.4) is 0 Å². The van der Waals surface area contributed by atoms with Gasteiger partial charge < -0.3 is 15.2 Å². The van der Waals surface area contributed by atoms with Gasteiger partial charge in [0.25, 0.3) is 0 Å². The number of nitrogens with two attached hydrogens (primary N) is 1. The first kappa shape index (κ1) is 9.73. The monoisotopic (exact) mass is 183 g/mol. The van der Waals surface area contributed by atoms with E-state index in [0.717, 1.165) is 5.69 Å². The summed E-state index contributed by atoms with van der Waals surface area (Å²) in [5.41, 5.74) is 6.08. The molecule has 2 N–H and O–H groups in total. The van der Waals surface area contributed by atoms with E-state index in [2.05, 4.69) is 9.97 Å². The first-order chi connectivity index (χ1) is 6.26. The molecule has 1 aromatic heterocycles. The molecule has 1 aromatic rings. The number of aromatic nitrogens is 2. The van der Waals surface area contributed by atoms with E-state index in [4.69, 9.17) is 15.2 Å². The molecule has 0 aliphatic carbocycles. The largest absolute Gasteiger partial charge is 0.481 e. The van der Waals surface area contributed by atoms with E-state index < -0.39 is 0 Å². The molecule has 13 heavy (non-hydrogen) atoms. The minimum absolute atomic E-state index is 0.308. The maximum atomic E-state index is 5.27. The minimum Gasteiger partial charge on any atom is -0.481 e. The van der Waals surface area contributed by atoms with Crippen LogP contribution in [0.2, 0.25) is 0 Å². The quantitative estimate of drug-likeness (QED) is 0.718. The van der Waals surface area contributed by atoms with E-state index in [1.807, 2.05) is 6.92 Å². The Bertz CT molecular complexity index is 278. The lowest BCUT2D eigenvalue weighted by atomic mass is 10.4. The zero-order chi connectivity index (χ0) is 9.68. The van der Waals surface area contributed by atoms with Crippen LogP contribution in [-0.4, -0.2) is 30.2 Å². The molecular weight excluding hydrogens is 170 g/mol. The van der Waals surface area contributed by atoms with Crippen molar-refractivity contribution in [2.75, 3.05) is 20.3 Å². The fourth-order valence-electron chi connectivity index (χ4n) is 0.833. The fraction of sp³-hybridized carbons (Fsp3) is 0.500. The summed E-state index contributed by atoms with van der Waals surface area (Å²) in [6.45, 7) is 2.70. The Morgan fingerprint density at radius 1 is 1.46 bits per heavy atom. The molecule has 1 heterocycles. The van der Waals surface area contributed by atoms with Crippen LogP contribution in [0.1, 0.15) is 5.69 Å². The molecule has 72 valence electrons. The molecule has 5 heteroatoms. The molecule has 0 aliphatic rings. The van der Waals surface area contributed by atoms with Crippen molar-refractivity contribution in [2.24, 2.45) is 5.73 Å². The molecule has 1 rings (SSSR count). The summed E-state index contributed by atoms with van der Waals surface area (Å²) in [4.78, 5) is 8.03. The van der Waals surface area contributed by atoms with Crippen LogP contribution in [0, 0.1) is 6.92 Å². The molecule has 0 unspecified atom stereocenters. The van der Waals surface area contributed by atoms with Crippen LogP contribution in [0.5, 0.6) is 11.9 Å². The molecule has 0 bridgehead atoms. The maximum absolute atomic E-state index is 5.27. The normalized spacial score (nSPS) is 9.77. The van der Waals surface area contributed by atoms with Gasteiger partial charge in [0.1, 0.15) is 6.61 Å². The van der Waals surface area contributed by atoms with Gasteiger partial charge in [0.15, 0.2) is 0 Å². The summed E-state index contributed by atoms with van der Waals surface area (Å²) >= 11 is 0. The summed E-state index contributed by atoms with van der Waals surface area (Å²) in [5, 5.41) is 0. The van der Waals surface area contributed by atoms with Gasteiger partial charge in [-0.25, -0.2) is 4.98 Å². The highest BCUT2D eigenvalue weighted by atomic mass is 16.5. The van der Waals surface area contributed by atoms with Gasteiger partial charge in [0, 0.05) is 18.3 Å². The molecule has 0 atom stereocenters. The summed E-state index contributed by atoms with van der Waals surface area (Å²) < 4.78 is 10.1. The smallest absolute Gasteiger partial charge is 0.319 e. The van der Waals surface area contributed by atoms with Crippen LogP contribution in [0.15, 0.2) is 6.07 Å². The van der Waals surface area contributed by atoms with Gasteiger partial charge in [0.05, 0.1) is 7.11 Å². The maximum Gasteiger partial charge on any atom is 0.319 e. The molecule has 0 saturated heterocycles. The molecule has 0 radical (unpaired) electrons. The van der Waals surface area contributed by atoms with Gasteiger partial charge >= 0.3 is 6.01 Å². The number of aryl methyl sites for hydroxylation is 1. The number of hydrogen-bond donors (Lipinski definition) is 1.